The van der Waals surface area contributed by atoms with E-state index in [1.807, 2.05) is 0 Å². The van der Waals surface area contributed by atoms with Crippen LogP contribution in [0.3, 0.4) is 0 Å². The number of carbonyl (C=O) groups is 3. The maximum absolute atomic E-state index is 11.0. The highest BCUT2D eigenvalue weighted by atomic mass is 16.6. The monoisotopic (exact) mass is 186 g/mol. The van der Waals surface area contributed by atoms with Gasteiger partial charge in [0.1, 0.15) is 0 Å². The molecule has 2 atom stereocenters. The van der Waals surface area contributed by atoms with Gasteiger partial charge >= 0.3 is 11.9 Å². The van der Waals surface area contributed by atoms with E-state index < -0.39 is 29.2 Å². The van der Waals surface area contributed by atoms with Crippen molar-refractivity contribution in [3.63, 3.8) is 0 Å². The number of aliphatic carboxylic acids is 1. The van der Waals surface area contributed by atoms with Gasteiger partial charge in [0.05, 0.1) is 5.92 Å². The molecule has 1 fully saturated rings. The predicted molar refractivity (Wildman–Crippen MR) is 40.9 cm³/mol. The van der Waals surface area contributed by atoms with E-state index in [0.29, 0.717) is 0 Å². The molecule has 1 rings (SSSR count). The molecule has 0 amide bonds. The molecule has 1 saturated heterocycles. The van der Waals surface area contributed by atoms with Crippen LogP contribution in [0.15, 0.2) is 0 Å². The molecular formula is C8H10O5. The first-order chi connectivity index (χ1) is 5.95. The van der Waals surface area contributed by atoms with Crippen molar-refractivity contribution < 1.29 is 24.2 Å². The molecule has 13 heavy (non-hydrogen) atoms. The number of hydrogen-bond acceptors (Lipinski definition) is 4. The molecule has 1 heterocycles. The molecule has 1 aliphatic heterocycles. The largest absolute Gasteiger partial charge is 0.478 e. The molecule has 0 spiro atoms. The highest BCUT2D eigenvalue weighted by molar-refractivity contribution is 6.37. The number of hydrogen-bond donors (Lipinski definition) is 1. The Kier molecular flexibility index (Phi) is 2.11. The number of carbonyl (C=O) groups excluding carboxylic acids is 2. The minimum Gasteiger partial charge on any atom is -0.478 e. The summed E-state index contributed by atoms with van der Waals surface area (Å²) in [6.07, 6.45) is 0.0982. The van der Waals surface area contributed by atoms with Crippen LogP contribution in [-0.4, -0.2) is 28.4 Å². The second-order valence-electron chi connectivity index (χ2n) is 3.02. The fraction of sp³-hybridized carbons (Fsp3) is 0.625. The normalized spacial score (nSPS) is 33.2. The van der Waals surface area contributed by atoms with Crippen LogP contribution in [0.2, 0.25) is 0 Å². The van der Waals surface area contributed by atoms with Crippen molar-refractivity contribution >= 4 is 17.7 Å². The summed E-state index contributed by atoms with van der Waals surface area (Å²) in [7, 11) is 0. The van der Waals surface area contributed by atoms with Crippen molar-refractivity contribution in [1.29, 1.82) is 0 Å². The van der Waals surface area contributed by atoms with Crippen molar-refractivity contribution in [2.45, 2.75) is 25.9 Å². The lowest BCUT2D eigenvalue weighted by molar-refractivity contribution is -0.172. The quantitative estimate of drug-likeness (QED) is 0.484. The van der Waals surface area contributed by atoms with E-state index in [0.717, 1.165) is 0 Å². The number of rotatable bonds is 2. The van der Waals surface area contributed by atoms with Crippen LogP contribution in [0, 0.1) is 5.92 Å². The Hall–Kier alpha value is -1.39. The van der Waals surface area contributed by atoms with Crippen LogP contribution >= 0.6 is 0 Å². The topological polar surface area (TPSA) is 80.7 Å². The second kappa shape index (κ2) is 2.83. The summed E-state index contributed by atoms with van der Waals surface area (Å²) in [5.41, 5.74) is -1.64. The van der Waals surface area contributed by atoms with Crippen LogP contribution in [0.1, 0.15) is 20.3 Å². The molecule has 72 valence electrons. The third-order valence-corrected chi connectivity index (χ3v) is 2.46. The minimum absolute atomic E-state index is 0.0982. The predicted octanol–water partition coefficient (Wildman–Crippen LogP) is -0.0182. The van der Waals surface area contributed by atoms with Gasteiger partial charge in [-0.3, -0.25) is 4.79 Å². The first kappa shape index (κ1) is 9.70. The van der Waals surface area contributed by atoms with Crippen molar-refractivity contribution in [2.24, 2.45) is 5.92 Å². The van der Waals surface area contributed by atoms with E-state index in [4.69, 9.17) is 5.11 Å². The average Bonchev–Trinajstić information content (AvgIpc) is 2.30. The van der Waals surface area contributed by atoms with E-state index in [2.05, 4.69) is 4.74 Å². The highest BCUT2D eigenvalue weighted by Gasteiger charge is 2.57. The Morgan fingerprint density at radius 2 is 2.15 bits per heavy atom. The van der Waals surface area contributed by atoms with Gasteiger partial charge in [-0.15, -0.1) is 0 Å². The van der Waals surface area contributed by atoms with Gasteiger partial charge in [-0.05, 0) is 6.42 Å². The summed E-state index contributed by atoms with van der Waals surface area (Å²) in [6.45, 7) is 2.96. The van der Waals surface area contributed by atoms with E-state index in [9.17, 15) is 14.4 Å². The smallest absolute Gasteiger partial charge is 0.376 e. The van der Waals surface area contributed by atoms with E-state index in [1.54, 1.807) is 6.92 Å². The summed E-state index contributed by atoms with van der Waals surface area (Å²) >= 11 is 0. The lowest BCUT2D eigenvalue weighted by atomic mass is 9.86. The van der Waals surface area contributed by atoms with Gasteiger partial charge in [-0.25, -0.2) is 9.59 Å². The third kappa shape index (κ3) is 1.11. The minimum atomic E-state index is -1.64. The fourth-order valence-electron chi connectivity index (χ4n) is 1.45. The molecule has 0 saturated carbocycles. The SMILES string of the molecule is CCC1(C(=O)O)OC(=O)C(=O)C1C. The summed E-state index contributed by atoms with van der Waals surface area (Å²) in [6, 6.07) is 0. The van der Waals surface area contributed by atoms with Crippen LogP contribution in [0.5, 0.6) is 0 Å². The Bertz CT molecular complexity index is 282. The maximum Gasteiger partial charge on any atom is 0.376 e. The number of cyclic esters (lactones) is 1. The molecule has 5 heteroatoms. The van der Waals surface area contributed by atoms with Gasteiger partial charge < -0.3 is 9.84 Å². The first-order valence-electron chi connectivity index (χ1n) is 3.96. The zero-order valence-electron chi connectivity index (χ0n) is 7.36. The third-order valence-electron chi connectivity index (χ3n) is 2.46. The van der Waals surface area contributed by atoms with Gasteiger partial charge in [0.15, 0.2) is 0 Å². The standard InChI is InChI=1S/C8H10O5/c1-3-8(7(11)12)4(2)5(9)6(10)13-8/h4H,3H2,1-2H3,(H,11,12). The molecule has 0 radical (unpaired) electrons. The fourth-order valence-corrected chi connectivity index (χ4v) is 1.45. The average molecular weight is 186 g/mol. The summed E-state index contributed by atoms with van der Waals surface area (Å²) in [4.78, 5) is 32.7. The van der Waals surface area contributed by atoms with Crippen molar-refractivity contribution in [2.75, 3.05) is 0 Å². The molecule has 2 unspecified atom stereocenters. The van der Waals surface area contributed by atoms with Gasteiger partial charge in [-0.2, -0.15) is 0 Å². The maximum atomic E-state index is 11.0. The molecule has 0 bridgehead atoms. The molecule has 0 aromatic heterocycles. The molecule has 1 aliphatic rings. The molecule has 5 nitrogen and oxygen atoms in total. The Balaban J connectivity index is 3.10. The van der Waals surface area contributed by atoms with E-state index in [1.165, 1.54) is 6.92 Å². The van der Waals surface area contributed by atoms with Crippen LogP contribution in [0.25, 0.3) is 0 Å². The highest BCUT2D eigenvalue weighted by Crippen LogP contribution is 2.33. The van der Waals surface area contributed by atoms with Gasteiger partial charge in [0.2, 0.25) is 11.4 Å². The van der Waals surface area contributed by atoms with Crippen molar-refractivity contribution in [3.05, 3.63) is 0 Å². The van der Waals surface area contributed by atoms with E-state index in [-0.39, 0.29) is 6.42 Å². The lowest BCUT2D eigenvalue weighted by Crippen LogP contribution is -2.43. The van der Waals surface area contributed by atoms with Gasteiger partial charge in [0.25, 0.3) is 0 Å². The Morgan fingerprint density at radius 1 is 1.62 bits per heavy atom. The van der Waals surface area contributed by atoms with Gasteiger partial charge in [-0.1, -0.05) is 13.8 Å². The lowest BCUT2D eigenvalue weighted by Gasteiger charge is -2.23. The zero-order chi connectivity index (χ0) is 10.2. The summed E-state index contributed by atoms with van der Waals surface area (Å²) in [5.74, 6) is -3.97. The van der Waals surface area contributed by atoms with Crippen molar-refractivity contribution in [1.82, 2.24) is 0 Å². The van der Waals surface area contributed by atoms with Crippen LogP contribution in [-0.2, 0) is 19.1 Å². The number of esters is 1. The summed E-state index contributed by atoms with van der Waals surface area (Å²) < 4.78 is 4.60. The van der Waals surface area contributed by atoms with Crippen molar-refractivity contribution in [3.8, 4) is 0 Å². The van der Waals surface area contributed by atoms with Crippen LogP contribution in [0.4, 0.5) is 0 Å². The van der Waals surface area contributed by atoms with Gasteiger partial charge in [0, 0.05) is 0 Å². The number of ketones is 1. The number of carboxylic acid groups (broad SMARTS) is 1. The van der Waals surface area contributed by atoms with E-state index >= 15 is 0 Å². The second-order valence-corrected chi connectivity index (χ2v) is 3.02. The summed E-state index contributed by atoms with van der Waals surface area (Å²) in [5, 5.41) is 8.84. The Morgan fingerprint density at radius 3 is 2.31 bits per heavy atom. The first-order valence-corrected chi connectivity index (χ1v) is 3.96. The molecule has 1 N–H and O–H groups in total. The molecular weight excluding hydrogens is 176 g/mol. The molecule has 0 aliphatic carbocycles. The molecule has 0 aromatic carbocycles. The number of Topliss-reactive ketones (excluding diaryl/α,β-unsaturated/α-hetero) is 1. The number of carboxylic acids is 1. The van der Waals surface area contributed by atoms with Crippen LogP contribution < -0.4 is 0 Å². The molecule has 0 aromatic rings. The Labute approximate surface area is 74.7 Å². The zero-order valence-corrected chi connectivity index (χ0v) is 7.36. The number of ether oxygens (including phenoxy) is 1.